The fourth-order valence-corrected chi connectivity index (χ4v) is 2.17. The van der Waals surface area contributed by atoms with E-state index in [1.807, 2.05) is 6.92 Å². The van der Waals surface area contributed by atoms with Gasteiger partial charge in [-0.3, -0.25) is 4.79 Å². The quantitative estimate of drug-likeness (QED) is 0.441. The van der Waals surface area contributed by atoms with E-state index in [2.05, 4.69) is 4.98 Å². The van der Waals surface area contributed by atoms with E-state index in [-0.39, 0.29) is 17.5 Å². The van der Waals surface area contributed by atoms with Crippen LogP contribution in [0.2, 0.25) is 0 Å². The third-order valence-corrected chi connectivity index (χ3v) is 3.50. The SMILES string of the molecule is CCCCOC(=O)CSc1ncc(-c2ccc(F)cc2)o1. The Labute approximate surface area is 126 Å². The van der Waals surface area contributed by atoms with Gasteiger partial charge >= 0.3 is 5.97 Å². The van der Waals surface area contributed by atoms with E-state index in [9.17, 15) is 9.18 Å². The van der Waals surface area contributed by atoms with Crippen LogP contribution in [-0.4, -0.2) is 23.3 Å². The van der Waals surface area contributed by atoms with Crippen molar-refractivity contribution in [3.8, 4) is 11.3 Å². The Balaban J connectivity index is 1.86. The standard InChI is InChI=1S/C15H16FNO3S/c1-2-3-8-19-14(18)10-21-15-17-9-13(20-15)11-4-6-12(16)7-5-11/h4-7,9H,2-3,8,10H2,1H3. The van der Waals surface area contributed by atoms with Crippen LogP contribution in [0.15, 0.2) is 40.1 Å². The van der Waals surface area contributed by atoms with Gasteiger partial charge in [0.15, 0.2) is 5.76 Å². The molecule has 112 valence electrons. The zero-order valence-corrected chi connectivity index (χ0v) is 12.5. The molecule has 0 aliphatic heterocycles. The molecule has 0 N–H and O–H groups in total. The second-order valence-corrected chi connectivity index (χ2v) is 5.29. The first-order valence-corrected chi connectivity index (χ1v) is 7.68. The molecule has 0 amide bonds. The highest BCUT2D eigenvalue weighted by atomic mass is 32.2. The Kier molecular flexibility index (Phi) is 5.80. The van der Waals surface area contributed by atoms with Gasteiger partial charge in [0, 0.05) is 5.56 Å². The molecule has 0 radical (unpaired) electrons. The summed E-state index contributed by atoms with van der Waals surface area (Å²) in [5.74, 6) is 0.113. The lowest BCUT2D eigenvalue weighted by Gasteiger charge is -2.01. The van der Waals surface area contributed by atoms with Crippen LogP contribution in [0.5, 0.6) is 0 Å². The molecule has 0 atom stereocenters. The van der Waals surface area contributed by atoms with Crippen LogP contribution < -0.4 is 0 Å². The highest BCUT2D eigenvalue weighted by Crippen LogP contribution is 2.25. The van der Waals surface area contributed by atoms with Crippen molar-refractivity contribution in [1.82, 2.24) is 4.98 Å². The van der Waals surface area contributed by atoms with E-state index in [1.54, 1.807) is 18.3 Å². The molecule has 0 aliphatic carbocycles. The van der Waals surface area contributed by atoms with Crippen LogP contribution in [0, 0.1) is 5.82 Å². The van der Waals surface area contributed by atoms with Crippen molar-refractivity contribution in [2.45, 2.75) is 25.0 Å². The van der Waals surface area contributed by atoms with Gasteiger partial charge in [0.05, 0.1) is 12.8 Å². The van der Waals surface area contributed by atoms with E-state index in [4.69, 9.17) is 9.15 Å². The average Bonchev–Trinajstić information content (AvgIpc) is 2.95. The number of rotatable bonds is 7. The number of benzene rings is 1. The fourth-order valence-electron chi connectivity index (χ4n) is 1.57. The number of aromatic nitrogens is 1. The number of ether oxygens (including phenoxy) is 1. The minimum Gasteiger partial charge on any atom is -0.465 e. The summed E-state index contributed by atoms with van der Waals surface area (Å²) < 4.78 is 23.4. The van der Waals surface area contributed by atoms with Gasteiger partial charge in [-0.15, -0.1) is 0 Å². The summed E-state index contributed by atoms with van der Waals surface area (Å²) in [4.78, 5) is 15.5. The van der Waals surface area contributed by atoms with Gasteiger partial charge in [0.1, 0.15) is 11.6 Å². The van der Waals surface area contributed by atoms with Gasteiger partial charge in [0.25, 0.3) is 5.22 Å². The third-order valence-electron chi connectivity index (χ3n) is 2.69. The number of halogens is 1. The van der Waals surface area contributed by atoms with Crippen molar-refractivity contribution in [3.05, 3.63) is 36.3 Å². The third kappa shape index (κ3) is 4.90. The number of hydrogen-bond donors (Lipinski definition) is 0. The molecule has 1 aromatic heterocycles. The number of oxazole rings is 1. The first kappa shape index (κ1) is 15.6. The van der Waals surface area contributed by atoms with Crippen LogP contribution in [0.4, 0.5) is 4.39 Å². The highest BCUT2D eigenvalue weighted by Gasteiger charge is 2.10. The van der Waals surface area contributed by atoms with Gasteiger partial charge < -0.3 is 9.15 Å². The summed E-state index contributed by atoms with van der Waals surface area (Å²) in [6, 6.07) is 5.94. The minimum atomic E-state index is -0.303. The molecule has 0 fully saturated rings. The molecule has 2 rings (SSSR count). The molecule has 0 bridgehead atoms. The fraction of sp³-hybridized carbons (Fsp3) is 0.333. The largest absolute Gasteiger partial charge is 0.465 e. The Morgan fingerprint density at radius 1 is 1.38 bits per heavy atom. The number of esters is 1. The van der Waals surface area contributed by atoms with Crippen LogP contribution >= 0.6 is 11.8 Å². The molecule has 21 heavy (non-hydrogen) atoms. The van der Waals surface area contributed by atoms with E-state index in [0.717, 1.165) is 18.4 Å². The maximum absolute atomic E-state index is 12.8. The van der Waals surface area contributed by atoms with Gasteiger partial charge in [-0.05, 0) is 30.7 Å². The molecule has 1 heterocycles. The Hall–Kier alpha value is -1.82. The molecule has 6 heteroatoms. The van der Waals surface area contributed by atoms with E-state index in [0.29, 0.717) is 17.6 Å². The predicted molar refractivity (Wildman–Crippen MR) is 78.5 cm³/mol. The van der Waals surface area contributed by atoms with Crippen molar-refractivity contribution < 1.29 is 18.3 Å². The summed E-state index contributed by atoms with van der Waals surface area (Å²) in [6.45, 7) is 2.48. The van der Waals surface area contributed by atoms with Crippen LogP contribution in [0.3, 0.4) is 0 Å². The molecule has 0 aliphatic rings. The Morgan fingerprint density at radius 3 is 2.86 bits per heavy atom. The lowest BCUT2D eigenvalue weighted by molar-refractivity contribution is -0.140. The van der Waals surface area contributed by atoms with Gasteiger partial charge in [-0.25, -0.2) is 9.37 Å². The summed E-state index contributed by atoms with van der Waals surface area (Å²) in [6.07, 6.45) is 3.41. The summed E-state index contributed by atoms with van der Waals surface area (Å²) in [5.41, 5.74) is 0.737. The summed E-state index contributed by atoms with van der Waals surface area (Å²) in [7, 11) is 0. The maximum atomic E-state index is 12.8. The molecule has 2 aromatic rings. The molecular weight excluding hydrogens is 293 g/mol. The zero-order chi connectivity index (χ0) is 15.1. The lowest BCUT2D eigenvalue weighted by atomic mass is 10.2. The highest BCUT2D eigenvalue weighted by molar-refractivity contribution is 7.99. The van der Waals surface area contributed by atoms with E-state index >= 15 is 0 Å². The van der Waals surface area contributed by atoms with Gasteiger partial charge in [0.2, 0.25) is 0 Å². The molecular formula is C15H16FNO3S. The van der Waals surface area contributed by atoms with Crippen molar-refractivity contribution in [3.63, 3.8) is 0 Å². The zero-order valence-electron chi connectivity index (χ0n) is 11.7. The number of unbranched alkanes of at least 4 members (excludes halogenated alkanes) is 1. The normalized spacial score (nSPS) is 10.6. The monoisotopic (exact) mass is 309 g/mol. The Morgan fingerprint density at radius 2 is 2.14 bits per heavy atom. The molecule has 1 aromatic carbocycles. The van der Waals surface area contributed by atoms with Crippen LogP contribution in [-0.2, 0) is 9.53 Å². The van der Waals surface area contributed by atoms with Gasteiger partial charge in [-0.2, -0.15) is 0 Å². The molecule has 0 saturated carbocycles. The first-order chi connectivity index (χ1) is 10.2. The number of thioether (sulfide) groups is 1. The van der Waals surface area contributed by atoms with Crippen molar-refractivity contribution in [1.29, 1.82) is 0 Å². The molecule has 4 nitrogen and oxygen atoms in total. The summed E-state index contributed by atoms with van der Waals surface area (Å²) in [5, 5.41) is 0.391. The molecule has 0 saturated heterocycles. The predicted octanol–water partition coefficient (Wildman–Crippen LogP) is 3.92. The number of carbonyl (C=O) groups is 1. The Bertz CT molecular complexity index is 583. The maximum Gasteiger partial charge on any atom is 0.316 e. The number of hydrogen-bond acceptors (Lipinski definition) is 5. The summed E-state index contributed by atoms with van der Waals surface area (Å²) >= 11 is 1.18. The topological polar surface area (TPSA) is 52.3 Å². The number of nitrogens with zero attached hydrogens (tertiary/aromatic N) is 1. The van der Waals surface area contributed by atoms with Crippen LogP contribution in [0.25, 0.3) is 11.3 Å². The average molecular weight is 309 g/mol. The van der Waals surface area contributed by atoms with E-state index in [1.165, 1.54) is 23.9 Å². The smallest absolute Gasteiger partial charge is 0.316 e. The second kappa shape index (κ2) is 7.83. The van der Waals surface area contributed by atoms with Crippen LogP contribution in [0.1, 0.15) is 19.8 Å². The van der Waals surface area contributed by atoms with Crippen molar-refractivity contribution in [2.75, 3.05) is 12.4 Å². The van der Waals surface area contributed by atoms with Crippen molar-refractivity contribution >= 4 is 17.7 Å². The number of carbonyl (C=O) groups excluding carboxylic acids is 1. The first-order valence-electron chi connectivity index (χ1n) is 6.69. The van der Waals surface area contributed by atoms with E-state index < -0.39 is 0 Å². The van der Waals surface area contributed by atoms with Gasteiger partial charge in [-0.1, -0.05) is 25.1 Å². The van der Waals surface area contributed by atoms with Crippen molar-refractivity contribution in [2.24, 2.45) is 0 Å². The molecule has 0 spiro atoms. The minimum absolute atomic E-state index is 0.160. The lowest BCUT2D eigenvalue weighted by Crippen LogP contribution is -2.08. The second-order valence-electron chi connectivity index (χ2n) is 4.36. The molecule has 0 unspecified atom stereocenters.